The van der Waals surface area contributed by atoms with Crippen molar-refractivity contribution in [3.8, 4) is 22.9 Å². The number of nitrogens with one attached hydrogen (secondary N) is 2. The Morgan fingerprint density at radius 3 is 2.60 bits per heavy atom. The monoisotopic (exact) mass is 570 g/mol. The summed E-state index contributed by atoms with van der Waals surface area (Å²) in [6.45, 7) is 3.38. The normalized spacial score (nSPS) is 17.6. The third kappa shape index (κ3) is 5.75. The number of para-hydroxylation sites is 1. The summed E-state index contributed by atoms with van der Waals surface area (Å²) in [5, 5.41) is 5.76. The number of nitrogens with zero attached hydrogens (tertiary/aromatic N) is 4. The number of ether oxygens (including phenoxy) is 1. The van der Waals surface area contributed by atoms with Crippen molar-refractivity contribution in [1.29, 1.82) is 0 Å². The minimum Gasteiger partial charge on any atom is -0.437 e. The highest BCUT2D eigenvalue weighted by molar-refractivity contribution is 7.22. The van der Waals surface area contributed by atoms with E-state index in [0.29, 0.717) is 22.8 Å². The van der Waals surface area contributed by atoms with Gasteiger partial charge in [0.15, 0.2) is 10.9 Å². The summed E-state index contributed by atoms with van der Waals surface area (Å²) in [7, 11) is 1.82. The second kappa shape index (κ2) is 10.8. The van der Waals surface area contributed by atoms with Crippen LogP contribution < -0.4 is 15.4 Å². The minimum atomic E-state index is -4.60. The van der Waals surface area contributed by atoms with Crippen molar-refractivity contribution < 1.29 is 27.5 Å². The van der Waals surface area contributed by atoms with E-state index < -0.39 is 17.8 Å². The molecule has 0 radical (unpaired) electrons. The smallest absolute Gasteiger partial charge is 0.416 e. The molecule has 2 amide bonds. The zero-order chi connectivity index (χ0) is 28.6. The summed E-state index contributed by atoms with van der Waals surface area (Å²) in [6.07, 6.45) is -1.95. The molecule has 1 aliphatic heterocycles. The van der Waals surface area contributed by atoms with Crippen LogP contribution in [0.25, 0.3) is 21.5 Å². The number of likely N-dealkylation sites (tertiary alicyclic amines) is 1. The van der Waals surface area contributed by atoms with Gasteiger partial charge in [-0.1, -0.05) is 23.5 Å². The first-order valence-electron chi connectivity index (χ1n) is 12.4. The fourth-order valence-electron chi connectivity index (χ4n) is 4.56. The lowest BCUT2D eigenvalue weighted by atomic mass is 10.0. The van der Waals surface area contributed by atoms with E-state index in [1.807, 2.05) is 24.9 Å². The van der Waals surface area contributed by atoms with E-state index in [1.54, 1.807) is 12.1 Å². The molecule has 40 heavy (non-hydrogen) atoms. The lowest BCUT2D eigenvalue weighted by molar-refractivity contribution is -0.137. The van der Waals surface area contributed by atoms with Crippen LogP contribution in [0.3, 0.4) is 0 Å². The van der Waals surface area contributed by atoms with Gasteiger partial charge < -0.3 is 15.4 Å². The summed E-state index contributed by atoms with van der Waals surface area (Å²) >= 11 is 1.28. The maximum absolute atomic E-state index is 13.6. The minimum absolute atomic E-state index is 0.0148. The molecule has 5 rings (SSSR count). The van der Waals surface area contributed by atoms with E-state index in [4.69, 9.17) is 4.74 Å². The number of rotatable bonds is 6. The van der Waals surface area contributed by atoms with Crippen LogP contribution >= 0.6 is 11.3 Å². The van der Waals surface area contributed by atoms with Gasteiger partial charge in [-0.25, -0.2) is 15.0 Å². The van der Waals surface area contributed by atoms with Crippen LogP contribution in [0.1, 0.15) is 32.3 Å². The van der Waals surface area contributed by atoms with E-state index in [-0.39, 0.29) is 40.7 Å². The SMILES string of the molecule is CC(=O)Nc1nc2c(Oc3cc(-c4ccc(C(F)(F)F)cc4NC(=O)[C@@H]4CCC(C)N4C)ncn3)cccc2s1. The van der Waals surface area contributed by atoms with Gasteiger partial charge in [0.25, 0.3) is 0 Å². The Balaban J connectivity index is 1.47. The number of fused-ring (bicyclic) bond motifs is 1. The van der Waals surface area contributed by atoms with Crippen molar-refractivity contribution in [2.24, 2.45) is 0 Å². The third-order valence-electron chi connectivity index (χ3n) is 6.75. The van der Waals surface area contributed by atoms with Gasteiger partial charge in [0.2, 0.25) is 17.7 Å². The highest BCUT2D eigenvalue weighted by Crippen LogP contribution is 2.38. The van der Waals surface area contributed by atoms with E-state index in [9.17, 15) is 22.8 Å². The van der Waals surface area contributed by atoms with Crippen molar-refractivity contribution in [3.63, 3.8) is 0 Å². The van der Waals surface area contributed by atoms with Crippen LogP contribution in [0.2, 0.25) is 0 Å². The number of anilines is 2. The molecule has 2 atom stereocenters. The lowest BCUT2D eigenvalue weighted by Gasteiger charge is -2.23. The molecule has 13 heteroatoms. The van der Waals surface area contributed by atoms with Crippen LogP contribution in [0, 0.1) is 0 Å². The van der Waals surface area contributed by atoms with Gasteiger partial charge in [0.05, 0.1) is 27.7 Å². The first-order chi connectivity index (χ1) is 19.0. The molecule has 208 valence electrons. The molecule has 1 saturated heterocycles. The van der Waals surface area contributed by atoms with Crippen LogP contribution in [-0.4, -0.2) is 50.8 Å². The molecular weight excluding hydrogens is 545 g/mol. The number of hydrogen-bond donors (Lipinski definition) is 2. The second-order valence-electron chi connectivity index (χ2n) is 9.50. The summed E-state index contributed by atoms with van der Waals surface area (Å²) < 4.78 is 47.5. The van der Waals surface area contributed by atoms with Crippen molar-refractivity contribution >= 4 is 44.2 Å². The highest BCUT2D eigenvalue weighted by Gasteiger charge is 2.34. The van der Waals surface area contributed by atoms with Gasteiger partial charge in [-0.05, 0) is 51.1 Å². The topological polar surface area (TPSA) is 109 Å². The predicted molar refractivity (Wildman–Crippen MR) is 145 cm³/mol. The van der Waals surface area contributed by atoms with Crippen LogP contribution in [0.5, 0.6) is 11.6 Å². The zero-order valence-electron chi connectivity index (χ0n) is 21.7. The first-order valence-corrected chi connectivity index (χ1v) is 13.2. The van der Waals surface area contributed by atoms with E-state index >= 15 is 0 Å². The molecule has 0 bridgehead atoms. The molecular formula is C27H25F3N6O3S. The lowest BCUT2D eigenvalue weighted by Crippen LogP contribution is -2.39. The fraction of sp³-hybridized carbons (Fsp3) is 0.296. The number of thiazole rings is 1. The van der Waals surface area contributed by atoms with Gasteiger partial charge in [0, 0.05) is 24.6 Å². The molecule has 0 spiro atoms. The number of amides is 2. The summed E-state index contributed by atoms with van der Waals surface area (Å²) in [5.41, 5.74) is 0.136. The molecule has 1 unspecified atom stereocenters. The fourth-order valence-corrected chi connectivity index (χ4v) is 5.49. The average molecular weight is 571 g/mol. The summed E-state index contributed by atoms with van der Waals surface area (Å²) in [4.78, 5) is 39.2. The Bertz CT molecular complexity index is 1590. The third-order valence-corrected chi connectivity index (χ3v) is 7.69. The largest absolute Gasteiger partial charge is 0.437 e. The van der Waals surface area contributed by atoms with E-state index in [1.165, 1.54) is 36.7 Å². The molecule has 3 heterocycles. The van der Waals surface area contributed by atoms with Gasteiger partial charge in [-0.3, -0.25) is 14.5 Å². The Morgan fingerprint density at radius 2 is 1.90 bits per heavy atom. The quantitative estimate of drug-likeness (QED) is 0.295. The molecule has 9 nitrogen and oxygen atoms in total. The van der Waals surface area contributed by atoms with Gasteiger partial charge in [0.1, 0.15) is 11.8 Å². The van der Waals surface area contributed by atoms with Crippen LogP contribution in [0.15, 0.2) is 48.8 Å². The maximum atomic E-state index is 13.6. The number of halogens is 3. The summed E-state index contributed by atoms with van der Waals surface area (Å²) in [6, 6.07) is 9.61. The van der Waals surface area contributed by atoms with Crippen LogP contribution in [0.4, 0.5) is 24.0 Å². The number of aromatic nitrogens is 3. The molecule has 0 saturated carbocycles. The maximum Gasteiger partial charge on any atom is 0.416 e. The Morgan fingerprint density at radius 1 is 1.10 bits per heavy atom. The molecule has 2 aromatic carbocycles. The first kappa shape index (κ1) is 27.5. The molecule has 2 N–H and O–H groups in total. The zero-order valence-corrected chi connectivity index (χ0v) is 22.6. The highest BCUT2D eigenvalue weighted by atomic mass is 32.1. The number of carbonyl (C=O) groups excluding carboxylic acids is 2. The Hall–Kier alpha value is -4.10. The van der Waals surface area contributed by atoms with Crippen LogP contribution in [-0.2, 0) is 15.8 Å². The molecule has 0 aliphatic carbocycles. The average Bonchev–Trinajstić information content (AvgIpc) is 3.46. The predicted octanol–water partition coefficient (Wildman–Crippen LogP) is 5.94. The molecule has 1 aliphatic rings. The second-order valence-corrected chi connectivity index (χ2v) is 10.5. The van der Waals surface area contributed by atoms with Crippen molar-refractivity contribution in [1.82, 2.24) is 19.9 Å². The van der Waals surface area contributed by atoms with E-state index in [0.717, 1.165) is 23.3 Å². The summed E-state index contributed by atoms with van der Waals surface area (Å²) in [5.74, 6) is -0.152. The Kier molecular flexibility index (Phi) is 7.43. The van der Waals surface area contributed by atoms with Gasteiger partial charge in [-0.15, -0.1) is 0 Å². The van der Waals surface area contributed by atoms with E-state index in [2.05, 4.69) is 25.6 Å². The Labute approximate surface area is 231 Å². The molecule has 1 fully saturated rings. The number of benzene rings is 2. The van der Waals surface area contributed by atoms with Crippen molar-refractivity contribution in [2.45, 2.75) is 44.9 Å². The van der Waals surface area contributed by atoms with Gasteiger partial charge >= 0.3 is 6.18 Å². The number of hydrogen-bond acceptors (Lipinski definition) is 8. The van der Waals surface area contributed by atoms with Gasteiger partial charge in [-0.2, -0.15) is 13.2 Å². The number of carbonyl (C=O) groups is 2. The number of alkyl halides is 3. The van der Waals surface area contributed by atoms with Crippen molar-refractivity contribution in [3.05, 3.63) is 54.4 Å². The standard InChI is InChI=1S/C27H25F3N6O3S/c1-14-7-10-20(36(14)3)25(38)34-19-11-16(27(28,29)30)8-9-17(19)18-12-23(32-13-31-18)39-21-5-4-6-22-24(21)35-26(40-22)33-15(2)37/h4-6,8-9,11-14,20H,7,10H2,1-3H3,(H,34,38)(H,33,35,37)/t14?,20-/m0/s1. The molecule has 4 aromatic rings. The molecule has 2 aromatic heterocycles. The number of likely N-dealkylation sites (N-methyl/N-ethyl adjacent to an activating group) is 1. The van der Waals surface area contributed by atoms with Crippen molar-refractivity contribution in [2.75, 3.05) is 17.7 Å².